The van der Waals surface area contributed by atoms with E-state index in [9.17, 15) is 13.2 Å². The summed E-state index contributed by atoms with van der Waals surface area (Å²) in [7, 11) is -1.48. The normalized spacial score (nSPS) is 21.8. The molecule has 3 aliphatic rings. The number of nitrogens with zero attached hydrogens (tertiary/aromatic N) is 6. The van der Waals surface area contributed by atoms with Crippen molar-refractivity contribution in [3.8, 4) is 0 Å². The third kappa shape index (κ3) is 6.58. The van der Waals surface area contributed by atoms with Crippen molar-refractivity contribution in [3.63, 3.8) is 0 Å². The maximum atomic E-state index is 13.5. The van der Waals surface area contributed by atoms with Crippen LogP contribution in [0.4, 0.5) is 11.5 Å². The van der Waals surface area contributed by atoms with Crippen molar-refractivity contribution in [1.29, 1.82) is 0 Å². The van der Waals surface area contributed by atoms with E-state index in [0.29, 0.717) is 30.7 Å². The minimum Gasteiger partial charge on any atom is -0.371 e. The second-order valence-electron chi connectivity index (χ2n) is 11.6. The molecule has 11 heteroatoms. The maximum Gasteiger partial charge on any atom is 0.272 e. The number of nitrogens with one attached hydrogen (secondary N) is 1. The van der Waals surface area contributed by atoms with Crippen molar-refractivity contribution in [2.24, 2.45) is 5.92 Å². The van der Waals surface area contributed by atoms with Gasteiger partial charge in [0.05, 0.1) is 6.26 Å². The second kappa shape index (κ2) is 12.4. The Kier molecular flexibility index (Phi) is 8.92. The van der Waals surface area contributed by atoms with E-state index in [2.05, 4.69) is 49.4 Å². The monoisotopic (exact) mass is 569 g/mol. The van der Waals surface area contributed by atoms with Crippen LogP contribution >= 0.6 is 0 Å². The lowest BCUT2D eigenvalue weighted by atomic mass is 9.97. The van der Waals surface area contributed by atoms with E-state index in [1.807, 2.05) is 17.9 Å². The minimum absolute atomic E-state index is 0.0222. The van der Waals surface area contributed by atoms with Gasteiger partial charge in [-0.25, -0.2) is 22.7 Å². The topological polar surface area (TPSA) is 102 Å². The lowest BCUT2D eigenvalue weighted by Crippen LogP contribution is -2.52. The van der Waals surface area contributed by atoms with Gasteiger partial charge in [-0.05, 0) is 70.2 Å². The van der Waals surface area contributed by atoms with Crippen molar-refractivity contribution < 1.29 is 13.2 Å². The number of amides is 1. The third-order valence-corrected chi connectivity index (χ3v) is 10.4. The summed E-state index contributed by atoms with van der Waals surface area (Å²) in [6, 6.07) is 11.0. The van der Waals surface area contributed by atoms with Crippen LogP contribution in [0.1, 0.15) is 48.2 Å². The van der Waals surface area contributed by atoms with Crippen LogP contribution in [0, 0.1) is 12.8 Å². The minimum atomic E-state index is -3.16. The van der Waals surface area contributed by atoms with Crippen molar-refractivity contribution in [2.75, 3.05) is 69.3 Å². The Morgan fingerprint density at radius 1 is 1.00 bits per heavy atom. The number of rotatable bonds is 8. The van der Waals surface area contributed by atoms with Gasteiger partial charge in [0.1, 0.15) is 17.8 Å². The van der Waals surface area contributed by atoms with Crippen LogP contribution in [0.2, 0.25) is 0 Å². The van der Waals surface area contributed by atoms with Crippen molar-refractivity contribution >= 4 is 27.4 Å². The number of anilines is 2. The fourth-order valence-corrected chi connectivity index (χ4v) is 7.18. The number of carbonyl (C=O) groups is 1. The summed E-state index contributed by atoms with van der Waals surface area (Å²) in [5.74, 6) is 1.24. The first-order valence-corrected chi connectivity index (χ1v) is 16.4. The van der Waals surface area contributed by atoms with E-state index in [4.69, 9.17) is 0 Å². The zero-order valence-corrected chi connectivity index (χ0v) is 24.8. The van der Waals surface area contributed by atoms with Crippen LogP contribution in [-0.2, 0) is 10.0 Å². The van der Waals surface area contributed by atoms with Crippen LogP contribution in [0.15, 0.2) is 36.7 Å². The van der Waals surface area contributed by atoms with Gasteiger partial charge in [-0.2, -0.15) is 0 Å². The molecule has 0 bridgehead atoms. The predicted octanol–water partition coefficient (Wildman–Crippen LogP) is 2.68. The first kappa shape index (κ1) is 28.8. The zero-order valence-electron chi connectivity index (χ0n) is 24.0. The zero-order chi connectivity index (χ0) is 28.3. The summed E-state index contributed by atoms with van der Waals surface area (Å²) in [6.07, 6.45) is 7.45. The Balaban J connectivity index is 1.10. The lowest BCUT2D eigenvalue weighted by Gasteiger charge is -2.43. The maximum absolute atomic E-state index is 13.5. The SMILES string of the molecule is Cc1c(NC[C@H]2CCN(c3ccccc3)C2)ncnc1C(=O)N1CCC(N2CCC(N(C)S(C)(=O)=O)CC2)CC1. The molecule has 1 N–H and O–H groups in total. The van der Waals surface area contributed by atoms with Gasteiger partial charge >= 0.3 is 0 Å². The highest BCUT2D eigenvalue weighted by Crippen LogP contribution is 2.27. The summed E-state index contributed by atoms with van der Waals surface area (Å²) < 4.78 is 25.3. The smallest absolute Gasteiger partial charge is 0.272 e. The van der Waals surface area contributed by atoms with Crippen LogP contribution in [0.5, 0.6) is 0 Å². The summed E-state index contributed by atoms with van der Waals surface area (Å²) in [4.78, 5) is 29.1. The van der Waals surface area contributed by atoms with Gasteiger partial charge < -0.3 is 20.0 Å². The van der Waals surface area contributed by atoms with Gasteiger partial charge in [0.25, 0.3) is 5.91 Å². The van der Waals surface area contributed by atoms with Crippen molar-refractivity contribution in [3.05, 3.63) is 47.9 Å². The molecule has 2 aromatic rings. The number of carbonyl (C=O) groups excluding carboxylic acids is 1. The Morgan fingerprint density at radius 2 is 1.70 bits per heavy atom. The molecule has 1 aromatic heterocycles. The molecular formula is C29H43N7O3S. The summed E-state index contributed by atoms with van der Waals surface area (Å²) >= 11 is 0. The number of aromatic nitrogens is 2. The Labute approximate surface area is 238 Å². The predicted molar refractivity (Wildman–Crippen MR) is 158 cm³/mol. The summed E-state index contributed by atoms with van der Waals surface area (Å²) in [5.41, 5.74) is 2.56. The molecule has 1 atom stereocenters. The molecule has 0 unspecified atom stereocenters. The van der Waals surface area contributed by atoms with E-state index >= 15 is 0 Å². The molecular weight excluding hydrogens is 526 g/mol. The molecule has 10 nitrogen and oxygen atoms in total. The standard InChI is InChI=1S/C29H43N7O3S/c1-22-27(31-21-32-28(22)30-19-23-9-14-36(20-23)25-7-5-4-6-8-25)29(37)35-17-12-26(13-18-35)34-15-10-24(11-16-34)33(2)40(3,38)39/h4-8,21,23-24,26H,9-20H2,1-3H3,(H,30,31,32)/t23-/m1/s1. The van der Waals surface area contributed by atoms with E-state index in [1.54, 1.807) is 7.05 Å². The number of para-hydroxylation sites is 1. The summed E-state index contributed by atoms with van der Waals surface area (Å²) in [6.45, 7) is 8.01. The van der Waals surface area contributed by atoms with Crippen LogP contribution in [-0.4, -0.2) is 110 Å². The van der Waals surface area contributed by atoms with Crippen LogP contribution < -0.4 is 10.2 Å². The highest BCUT2D eigenvalue weighted by Gasteiger charge is 2.33. The van der Waals surface area contributed by atoms with Gasteiger partial charge in [0.15, 0.2) is 0 Å². The number of piperidine rings is 2. The third-order valence-electron chi connectivity index (χ3n) is 9.06. The summed E-state index contributed by atoms with van der Waals surface area (Å²) in [5, 5.41) is 3.50. The lowest BCUT2D eigenvalue weighted by molar-refractivity contribution is 0.0542. The molecule has 3 fully saturated rings. The molecule has 0 saturated carbocycles. The Morgan fingerprint density at radius 3 is 2.38 bits per heavy atom. The van der Waals surface area contributed by atoms with Crippen molar-refractivity contribution in [1.82, 2.24) is 24.1 Å². The molecule has 0 aliphatic carbocycles. The number of hydrogen-bond donors (Lipinski definition) is 1. The first-order valence-electron chi connectivity index (χ1n) is 14.5. The molecule has 40 heavy (non-hydrogen) atoms. The van der Waals surface area contributed by atoms with Gasteiger partial charge in [0.2, 0.25) is 10.0 Å². The van der Waals surface area contributed by atoms with Gasteiger partial charge in [0, 0.05) is 63.1 Å². The molecule has 3 saturated heterocycles. The Hall–Kier alpha value is -2.76. The molecule has 218 valence electrons. The van der Waals surface area contributed by atoms with Crippen LogP contribution in [0.3, 0.4) is 0 Å². The fraction of sp³-hybridized carbons (Fsp3) is 0.621. The van der Waals surface area contributed by atoms with Gasteiger partial charge in [-0.1, -0.05) is 18.2 Å². The average molecular weight is 570 g/mol. The van der Waals surface area contributed by atoms with E-state index in [1.165, 1.54) is 22.6 Å². The molecule has 5 rings (SSSR count). The molecule has 0 spiro atoms. The van der Waals surface area contributed by atoms with Crippen LogP contribution in [0.25, 0.3) is 0 Å². The molecule has 1 amide bonds. The molecule has 4 heterocycles. The number of benzene rings is 1. The Bertz CT molecular complexity index is 1260. The molecule has 1 aromatic carbocycles. The highest BCUT2D eigenvalue weighted by molar-refractivity contribution is 7.88. The number of hydrogen-bond acceptors (Lipinski definition) is 8. The number of likely N-dealkylation sites (tertiary alicyclic amines) is 2. The van der Waals surface area contributed by atoms with Gasteiger partial charge in [-0.3, -0.25) is 4.79 Å². The average Bonchev–Trinajstić information content (AvgIpc) is 3.45. The van der Waals surface area contributed by atoms with E-state index < -0.39 is 10.0 Å². The first-order chi connectivity index (χ1) is 19.2. The molecule has 3 aliphatic heterocycles. The van der Waals surface area contributed by atoms with Gasteiger partial charge in [-0.15, -0.1) is 0 Å². The van der Waals surface area contributed by atoms with E-state index in [0.717, 1.165) is 76.2 Å². The van der Waals surface area contributed by atoms with E-state index in [-0.39, 0.29) is 11.9 Å². The highest BCUT2D eigenvalue weighted by atomic mass is 32.2. The molecule has 0 radical (unpaired) electrons. The second-order valence-corrected chi connectivity index (χ2v) is 13.6. The largest absolute Gasteiger partial charge is 0.371 e. The number of sulfonamides is 1. The quantitative estimate of drug-likeness (QED) is 0.518. The fourth-order valence-electron chi connectivity index (χ4n) is 6.43. The van der Waals surface area contributed by atoms with Crippen molar-refractivity contribution in [2.45, 2.75) is 51.1 Å².